The number of ether oxygens (including phenoxy) is 2. The van der Waals surface area contributed by atoms with Crippen molar-refractivity contribution in [1.29, 1.82) is 0 Å². The number of rotatable bonds is 6. The van der Waals surface area contributed by atoms with Gasteiger partial charge in [-0.05, 0) is 12.1 Å². The highest BCUT2D eigenvalue weighted by atomic mass is 16.6. The largest absolute Gasteiger partial charge is 0.493 e. The summed E-state index contributed by atoms with van der Waals surface area (Å²) in [5.41, 5.74) is -0.428. The van der Waals surface area contributed by atoms with Gasteiger partial charge in [-0.15, -0.1) is 0 Å². The van der Waals surface area contributed by atoms with E-state index in [1.165, 1.54) is 20.3 Å². The maximum absolute atomic E-state index is 12.3. The number of hydrogen-bond acceptors (Lipinski definition) is 7. The van der Waals surface area contributed by atoms with Crippen molar-refractivity contribution in [2.75, 3.05) is 19.5 Å². The van der Waals surface area contributed by atoms with Crippen LogP contribution in [0.25, 0.3) is 0 Å². The Hall–Kier alpha value is -3.10. The van der Waals surface area contributed by atoms with Gasteiger partial charge in [-0.2, -0.15) is 0 Å². The lowest BCUT2D eigenvalue weighted by Gasteiger charge is -2.09. The zero-order valence-corrected chi connectivity index (χ0v) is 13.7. The summed E-state index contributed by atoms with van der Waals surface area (Å²) in [6, 6.07) is 4.71. The average molecular weight is 335 g/mol. The standard InChI is InChI=1S/C15H17N3O6/c1-8(2)14-13(18(20)21)12(17-24-14)15(19)16-9-5-6-10(22-3)11(7-9)23-4/h5-8H,1-4H3,(H,16,19). The third-order valence-electron chi connectivity index (χ3n) is 3.26. The molecule has 1 aromatic carbocycles. The molecule has 0 bridgehead atoms. The molecule has 0 aliphatic carbocycles. The van der Waals surface area contributed by atoms with Gasteiger partial charge in [0.15, 0.2) is 11.5 Å². The molecule has 1 heterocycles. The Morgan fingerprint density at radius 2 is 1.96 bits per heavy atom. The fraction of sp³-hybridized carbons (Fsp3) is 0.333. The SMILES string of the molecule is COc1ccc(NC(=O)c2noc(C(C)C)c2[N+](=O)[O-])cc1OC. The number of methoxy groups -OCH3 is 2. The minimum absolute atomic E-state index is 0.0532. The van der Waals surface area contributed by atoms with Crippen LogP contribution >= 0.6 is 0 Å². The molecular formula is C15H17N3O6. The Balaban J connectivity index is 2.32. The maximum Gasteiger partial charge on any atom is 0.344 e. The number of carbonyl (C=O) groups is 1. The first-order valence-electron chi connectivity index (χ1n) is 7.06. The summed E-state index contributed by atoms with van der Waals surface area (Å²) in [7, 11) is 2.95. The monoisotopic (exact) mass is 335 g/mol. The van der Waals surface area contributed by atoms with Crippen LogP contribution in [0, 0.1) is 10.1 Å². The summed E-state index contributed by atoms with van der Waals surface area (Å²) < 4.78 is 15.2. The van der Waals surface area contributed by atoms with Crippen LogP contribution < -0.4 is 14.8 Å². The van der Waals surface area contributed by atoms with Crippen LogP contribution in [0.2, 0.25) is 0 Å². The Kier molecular flexibility index (Phi) is 5.02. The Labute approximate surface area is 137 Å². The maximum atomic E-state index is 12.3. The highest BCUT2D eigenvalue weighted by molar-refractivity contribution is 6.05. The highest BCUT2D eigenvalue weighted by Crippen LogP contribution is 2.32. The molecular weight excluding hydrogens is 318 g/mol. The quantitative estimate of drug-likeness (QED) is 0.637. The fourth-order valence-corrected chi connectivity index (χ4v) is 2.11. The minimum atomic E-state index is -0.746. The second-order valence-corrected chi connectivity index (χ2v) is 5.18. The van der Waals surface area contributed by atoms with E-state index in [-0.39, 0.29) is 17.4 Å². The average Bonchev–Trinajstić information content (AvgIpc) is 3.00. The molecule has 2 rings (SSSR count). The summed E-state index contributed by atoms with van der Waals surface area (Å²) in [6.07, 6.45) is 0. The molecule has 1 N–H and O–H groups in total. The van der Waals surface area contributed by atoms with Crippen LogP contribution in [0.15, 0.2) is 22.7 Å². The molecule has 0 radical (unpaired) electrons. The smallest absolute Gasteiger partial charge is 0.344 e. The van der Waals surface area contributed by atoms with Gasteiger partial charge in [0.25, 0.3) is 5.91 Å². The van der Waals surface area contributed by atoms with Gasteiger partial charge in [0.2, 0.25) is 11.5 Å². The summed E-state index contributed by atoms with van der Waals surface area (Å²) in [5.74, 6) is -0.0691. The van der Waals surface area contributed by atoms with E-state index >= 15 is 0 Å². The Morgan fingerprint density at radius 1 is 1.29 bits per heavy atom. The van der Waals surface area contributed by atoms with Crippen LogP contribution in [0.3, 0.4) is 0 Å². The highest BCUT2D eigenvalue weighted by Gasteiger charge is 2.33. The number of nitrogens with zero attached hydrogens (tertiary/aromatic N) is 2. The van der Waals surface area contributed by atoms with Crippen molar-refractivity contribution in [3.8, 4) is 11.5 Å². The molecule has 0 unspecified atom stereocenters. The van der Waals surface area contributed by atoms with Crippen molar-refractivity contribution < 1.29 is 23.7 Å². The minimum Gasteiger partial charge on any atom is -0.493 e. The van der Waals surface area contributed by atoms with E-state index in [4.69, 9.17) is 14.0 Å². The number of carbonyl (C=O) groups excluding carboxylic acids is 1. The van der Waals surface area contributed by atoms with Crippen LogP contribution in [-0.2, 0) is 0 Å². The number of benzene rings is 1. The lowest BCUT2D eigenvalue weighted by molar-refractivity contribution is -0.386. The van der Waals surface area contributed by atoms with Gasteiger partial charge < -0.3 is 19.3 Å². The molecule has 0 spiro atoms. The van der Waals surface area contributed by atoms with Gasteiger partial charge in [-0.1, -0.05) is 19.0 Å². The molecule has 0 aliphatic rings. The van der Waals surface area contributed by atoms with Crippen molar-refractivity contribution >= 4 is 17.3 Å². The Bertz CT molecular complexity index is 769. The van der Waals surface area contributed by atoms with E-state index in [0.29, 0.717) is 17.2 Å². The summed E-state index contributed by atoms with van der Waals surface area (Å²) in [4.78, 5) is 22.9. The van der Waals surface area contributed by atoms with Gasteiger partial charge >= 0.3 is 5.69 Å². The van der Waals surface area contributed by atoms with Gasteiger partial charge in [-0.25, -0.2) is 0 Å². The topological polar surface area (TPSA) is 117 Å². The zero-order chi connectivity index (χ0) is 17.9. The molecule has 24 heavy (non-hydrogen) atoms. The number of nitrogens with one attached hydrogen (secondary N) is 1. The normalized spacial score (nSPS) is 10.5. The molecule has 9 heteroatoms. The van der Waals surface area contributed by atoms with Crippen LogP contribution in [-0.4, -0.2) is 30.2 Å². The summed E-state index contributed by atoms with van der Waals surface area (Å²) in [6.45, 7) is 3.42. The predicted octanol–water partition coefficient (Wildman–Crippen LogP) is 2.98. The van der Waals surface area contributed by atoms with E-state index in [1.54, 1.807) is 26.0 Å². The van der Waals surface area contributed by atoms with Crippen molar-refractivity contribution in [1.82, 2.24) is 5.16 Å². The third-order valence-corrected chi connectivity index (χ3v) is 3.26. The third kappa shape index (κ3) is 3.29. The lowest BCUT2D eigenvalue weighted by atomic mass is 10.1. The first-order chi connectivity index (χ1) is 11.4. The lowest BCUT2D eigenvalue weighted by Crippen LogP contribution is -2.14. The number of aromatic nitrogens is 1. The predicted molar refractivity (Wildman–Crippen MR) is 84.7 cm³/mol. The number of amides is 1. The first kappa shape index (κ1) is 17.3. The summed E-state index contributed by atoms with van der Waals surface area (Å²) in [5, 5.41) is 17.3. The molecule has 0 atom stereocenters. The molecule has 0 fully saturated rings. The van der Waals surface area contributed by atoms with Crippen LogP contribution in [0.4, 0.5) is 11.4 Å². The van der Waals surface area contributed by atoms with Crippen molar-refractivity contribution in [2.24, 2.45) is 0 Å². The molecule has 0 saturated heterocycles. The van der Waals surface area contributed by atoms with E-state index in [9.17, 15) is 14.9 Å². The zero-order valence-electron chi connectivity index (χ0n) is 13.7. The molecule has 2 aromatic rings. The number of hydrogen-bond donors (Lipinski definition) is 1. The first-order valence-corrected chi connectivity index (χ1v) is 7.06. The van der Waals surface area contributed by atoms with Crippen molar-refractivity contribution in [3.05, 3.63) is 39.8 Å². The number of nitro groups is 1. The van der Waals surface area contributed by atoms with Gasteiger partial charge in [0, 0.05) is 17.7 Å². The van der Waals surface area contributed by atoms with E-state index < -0.39 is 16.5 Å². The van der Waals surface area contributed by atoms with Crippen molar-refractivity contribution in [2.45, 2.75) is 19.8 Å². The Morgan fingerprint density at radius 3 is 2.50 bits per heavy atom. The molecule has 0 aliphatic heterocycles. The van der Waals surface area contributed by atoms with Gasteiger partial charge in [0.1, 0.15) is 0 Å². The molecule has 128 valence electrons. The molecule has 9 nitrogen and oxygen atoms in total. The van der Waals surface area contributed by atoms with Gasteiger partial charge in [-0.3, -0.25) is 14.9 Å². The van der Waals surface area contributed by atoms with Gasteiger partial charge in [0.05, 0.1) is 19.1 Å². The van der Waals surface area contributed by atoms with Crippen molar-refractivity contribution in [3.63, 3.8) is 0 Å². The van der Waals surface area contributed by atoms with E-state index in [0.717, 1.165) is 0 Å². The van der Waals surface area contributed by atoms with E-state index in [1.807, 2.05) is 0 Å². The second kappa shape index (κ2) is 6.99. The summed E-state index contributed by atoms with van der Waals surface area (Å²) >= 11 is 0. The van der Waals surface area contributed by atoms with E-state index in [2.05, 4.69) is 10.5 Å². The molecule has 0 saturated carbocycles. The van der Waals surface area contributed by atoms with Crippen LogP contribution in [0.1, 0.15) is 36.0 Å². The fourth-order valence-electron chi connectivity index (χ4n) is 2.11. The molecule has 1 amide bonds. The molecule has 1 aromatic heterocycles. The van der Waals surface area contributed by atoms with Crippen LogP contribution in [0.5, 0.6) is 11.5 Å². The second-order valence-electron chi connectivity index (χ2n) is 5.18. The number of anilines is 1.